The lowest BCUT2D eigenvalue weighted by atomic mass is 9.96. The van der Waals surface area contributed by atoms with Crippen molar-refractivity contribution >= 4 is 17.6 Å². The second-order valence-corrected chi connectivity index (χ2v) is 8.98. The molecule has 0 N–H and O–H groups in total. The molecule has 3 rings (SSSR count). The quantitative estimate of drug-likeness (QED) is 0.361. The minimum absolute atomic E-state index is 0.0892. The molecule has 0 unspecified atom stereocenters. The molecule has 0 bridgehead atoms. The molecule has 2 aliphatic heterocycles. The molecule has 0 amide bonds. The van der Waals surface area contributed by atoms with E-state index in [0.29, 0.717) is 19.3 Å². The van der Waals surface area contributed by atoms with E-state index in [-0.39, 0.29) is 41.8 Å². The van der Waals surface area contributed by atoms with E-state index in [1.165, 1.54) is 24.3 Å². The number of fused-ring (bicyclic) bond motifs is 1. The highest BCUT2D eigenvalue weighted by Gasteiger charge is 2.47. The highest BCUT2D eigenvalue weighted by atomic mass is 16.7. The molecule has 2 heterocycles. The fraction of sp³-hybridized carbons (Fsp3) is 0.636. The van der Waals surface area contributed by atoms with Gasteiger partial charge < -0.3 is 18.9 Å². The summed E-state index contributed by atoms with van der Waals surface area (Å²) in [5, 5.41) is 10.8. The van der Waals surface area contributed by atoms with Gasteiger partial charge in [0.25, 0.3) is 5.69 Å². The molecule has 2 saturated heterocycles. The van der Waals surface area contributed by atoms with Crippen LogP contribution in [-0.4, -0.2) is 47.1 Å². The summed E-state index contributed by atoms with van der Waals surface area (Å²) >= 11 is 0. The second kappa shape index (κ2) is 9.32. The molecule has 1 aromatic carbocycles. The van der Waals surface area contributed by atoms with Gasteiger partial charge in [-0.05, 0) is 52.2 Å². The Balaban J connectivity index is 1.51. The first-order valence-corrected chi connectivity index (χ1v) is 10.5. The van der Waals surface area contributed by atoms with Gasteiger partial charge in [-0.3, -0.25) is 14.9 Å². The fourth-order valence-corrected chi connectivity index (χ4v) is 3.97. The third-order valence-corrected chi connectivity index (χ3v) is 5.32. The van der Waals surface area contributed by atoms with E-state index in [2.05, 4.69) is 0 Å². The molecule has 2 fully saturated rings. The topological polar surface area (TPSA) is 114 Å². The number of nitro benzene ring substituents is 1. The maximum absolute atomic E-state index is 12.5. The highest BCUT2D eigenvalue weighted by molar-refractivity contribution is 5.89. The number of hydrogen-bond acceptors (Lipinski definition) is 8. The van der Waals surface area contributed by atoms with Crippen LogP contribution in [0.5, 0.6) is 0 Å². The zero-order valence-electron chi connectivity index (χ0n) is 18.2. The van der Waals surface area contributed by atoms with Crippen molar-refractivity contribution in [3.05, 3.63) is 39.9 Å². The van der Waals surface area contributed by atoms with E-state index in [0.717, 1.165) is 0 Å². The number of rotatable bonds is 7. The number of benzene rings is 1. The molecule has 9 heteroatoms. The number of nitro groups is 1. The van der Waals surface area contributed by atoms with Crippen molar-refractivity contribution in [1.29, 1.82) is 0 Å². The van der Waals surface area contributed by atoms with E-state index in [1.54, 1.807) is 0 Å². The van der Waals surface area contributed by atoms with E-state index in [9.17, 15) is 19.7 Å². The Bertz CT molecular complexity index is 802. The summed E-state index contributed by atoms with van der Waals surface area (Å²) in [4.78, 5) is 34.7. The lowest BCUT2D eigenvalue weighted by Crippen LogP contribution is -2.32. The summed E-state index contributed by atoms with van der Waals surface area (Å²) in [6, 6.07) is 5.29. The second-order valence-electron chi connectivity index (χ2n) is 8.98. The van der Waals surface area contributed by atoms with Crippen LogP contribution in [0.15, 0.2) is 24.3 Å². The van der Waals surface area contributed by atoms with Crippen LogP contribution in [0.4, 0.5) is 5.69 Å². The van der Waals surface area contributed by atoms with Crippen LogP contribution in [0.3, 0.4) is 0 Å². The third kappa shape index (κ3) is 6.01. The number of esters is 2. The van der Waals surface area contributed by atoms with Crippen LogP contribution >= 0.6 is 0 Å². The van der Waals surface area contributed by atoms with Gasteiger partial charge in [-0.25, -0.2) is 4.79 Å². The Morgan fingerprint density at radius 2 is 1.87 bits per heavy atom. The van der Waals surface area contributed by atoms with Crippen LogP contribution in [0, 0.1) is 16.0 Å². The summed E-state index contributed by atoms with van der Waals surface area (Å²) in [7, 11) is 0. The molecule has 2 aliphatic rings. The predicted octanol–water partition coefficient (Wildman–Crippen LogP) is 3.78. The van der Waals surface area contributed by atoms with E-state index in [4.69, 9.17) is 18.9 Å². The van der Waals surface area contributed by atoms with Gasteiger partial charge in [-0.15, -0.1) is 0 Å². The van der Waals surface area contributed by atoms with Gasteiger partial charge in [0.05, 0.1) is 29.1 Å². The number of non-ortho nitro benzene ring substituents is 1. The molecule has 5 atom stereocenters. The van der Waals surface area contributed by atoms with Crippen molar-refractivity contribution < 1.29 is 33.5 Å². The first-order valence-electron chi connectivity index (χ1n) is 10.5. The van der Waals surface area contributed by atoms with Crippen molar-refractivity contribution in [2.24, 2.45) is 5.92 Å². The summed E-state index contributed by atoms with van der Waals surface area (Å²) in [6.45, 7) is 7.38. The van der Waals surface area contributed by atoms with E-state index >= 15 is 0 Å². The number of nitrogens with zero attached hydrogens (tertiary/aromatic N) is 1. The molecular formula is C22H29NO8. The van der Waals surface area contributed by atoms with Crippen molar-refractivity contribution in [2.45, 2.75) is 83.6 Å². The first-order chi connectivity index (χ1) is 14.6. The van der Waals surface area contributed by atoms with Crippen LogP contribution in [-0.2, 0) is 23.7 Å². The van der Waals surface area contributed by atoms with Crippen molar-refractivity contribution in [3.8, 4) is 0 Å². The van der Waals surface area contributed by atoms with E-state index in [1.807, 2.05) is 27.7 Å². The molecule has 0 aliphatic carbocycles. The lowest BCUT2D eigenvalue weighted by Gasteiger charge is -2.24. The Hall–Kier alpha value is -2.52. The SMILES string of the molecule is CC[C@H](OC(=O)c1ccc([N+](=O)[O-])cc1)[C@H]1C[C@@H]2C[C@@H](CC(=O)OC(C)(C)C)O[C@@H]2O1. The maximum atomic E-state index is 12.5. The molecule has 1 aromatic rings. The first kappa shape index (κ1) is 23.1. The Morgan fingerprint density at radius 1 is 1.19 bits per heavy atom. The van der Waals surface area contributed by atoms with Gasteiger partial charge in [0.2, 0.25) is 0 Å². The fourth-order valence-electron chi connectivity index (χ4n) is 3.97. The number of carbonyl (C=O) groups is 2. The monoisotopic (exact) mass is 435 g/mol. The predicted molar refractivity (Wildman–Crippen MR) is 109 cm³/mol. The normalized spacial score (nSPS) is 26.2. The molecule has 31 heavy (non-hydrogen) atoms. The van der Waals surface area contributed by atoms with Gasteiger partial charge in [0.15, 0.2) is 6.29 Å². The zero-order valence-corrected chi connectivity index (χ0v) is 18.2. The summed E-state index contributed by atoms with van der Waals surface area (Å²) in [5.41, 5.74) is -0.376. The van der Waals surface area contributed by atoms with Crippen LogP contribution in [0.2, 0.25) is 0 Å². The standard InChI is InChI=1S/C22H29NO8/c1-5-17(29-20(25)13-6-8-15(9-7-13)23(26)27)18-11-14-10-16(28-21(14)30-18)12-19(24)31-22(2,3)4/h6-9,14,16-18,21H,5,10-12H2,1-4H3/t14-,16-,17-,18+,21+/m0/s1. The average molecular weight is 435 g/mol. The summed E-state index contributed by atoms with van der Waals surface area (Å²) < 4.78 is 22.9. The van der Waals surface area contributed by atoms with E-state index < -0.39 is 28.9 Å². The molecule has 0 saturated carbocycles. The Morgan fingerprint density at radius 3 is 2.42 bits per heavy atom. The molecule has 9 nitrogen and oxygen atoms in total. The molecule has 170 valence electrons. The number of carbonyl (C=O) groups excluding carboxylic acids is 2. The smallest absolute Gasteiger partial charge is 0.338 e. The number of ether oxygens (including phenoxy) is 4. The molecule has 0 spiro atoms. The van der Waals surface area contributed by atoms with Crippen LogP contribution in [0.1, 0.15) is 63.7 Å². The van der Waals surface area contributed by atoms with Gasteiger partial charge in [0.1, 0.15) is 11.7 Å². The zero-order chi connectivity index (χ0) is 22.8. The lowest BCUT2D eigenvalue weighted by molar-refractivity contribution is -0.384. The summed E-state index contributed by atoms with van der Waals surface area (Å²) in [5.74, 6) is -0.715. The van der Waals surface area contributed by atoms with Gasteiger partial charge >= 0.3 is 11.9 Å². The minimum atomic E-state index is -0.550. The summed E-state index contributed by atoms with van der Waals surface area (Å²) in [6.07, 6.45) is 0.674. The van der Waals surface area contributed by atoms with Gasteiger partial charge in [0, 0.05) is 18.1 Å². The Kier molecular flexibility index (Phi) is 6.96. The van der Waals surface area contributed by atoms with Crippen molar-refractivity contribution in [2.75, 3.05) is 0 Å². The van der Waals surface area contributed by atoms with Crippen molar-refractivity contribution in [3.63, 3.8) is 0 Å². The molecular weight excluding hydrogens is 406 g/mol. The maximum Gasteiger partial charge on any atom is 0.338 e. The van der Waals surface area contributed by atoms with Crippen molar-refractivity contribution in [1.82, 2.24) is 0 Å². The Labute approximate surface area is 181 Å². The van der Waals surface area contributed by atoms with Crippen LogP contribution in [0.25, 0.3) is 0 Å². The largest absolute Gasteiger partial charge is 0.460 e. The third-order valence-electron chi connectivity index (χ3n) is 5.32. The van der Waals surface area contributed by atoms with Gasteiger partial charge in [-0.2, -0.15) is 0 Å². The number of hydrogen-bond donors (Lipinski definition) is 0. The average Bonchev–Trinajstić information content (AvgIpc) is 3.22. The van der Waals surface area contributed by atoms with Crippen LogP contribution < -0.4 is 0 Å². The van der Waals surface area contributed by atoms with Gasteiger partial charge in [-0.1, -0.05) is 6.92 Å². The molecule has 0 radical (unpaired) electrons. The molecule has 0 aromatic heterocycles. The highest BCUT2D eigenvalue weighted by Crippen LogP contribution is 2.41. The minimum Gasteiger partial charge on any atom is -0.460 e.